The van der Waals surface area contributed by atoms with Crippen molar-refractivity contribution < 1.29 is 4.79 Å². The molecule has 0 aliphatic heterocycles. The minimum Gasteiger partial charge on any atom is -0.337 e. The molecule has 4 heteroatoms. The largest absolute Gasteiger partial charge is 0.337 e. The summed E-state index contributed by atoms with van der Waals surface area (Å²) in [5, 5.41) is 0. The smallest absolute Gasteiger partial charge is 0.230 e. The van der Waals surface area contributed by atoms with Gasteiger partial charge in [0.2, 0.25) is 5.91 Å². The Morgan fingerprint density at radius 2 is 1.88 bits per heavy atom. The first kappa shape index (κ1) is 16.2. The second-order valence-corrected chi connectivity index (χ2v) is 5.90. The van der Waals surface area contributed by atoms with Gasteiger partial charge in [0, 0.05) is 12.7 Å². The monoisotopic (exact) mass is 321 g/mol. The van der Waals surface area contributed by atoms with Gasteiger partial charge in [-0.3, -0.25) is 4.79 Å². The van der Waals surface area contributed by atoms with Crippen LogP contribution in [0.1, 0.15) is 37.4 Å². The summed E-state index contributed by atoms with van der Waals surface area (Å²) >= 11 is 0. The summed E-state index contributed by atoms with van der Waals surface area (Å²) in [6.07, 6.45) is 4.64. The summed E-state index contributed by atoms with van der Waals surface area (Å²) in [6.45, 7) is 5.35. The molecule has 0 spiro atoms. The number of hydrogen-bond donors (Lipinski definition) is 0. The van der Waals surface area contributed by atoms with Crippen molar-refractivity contribution in [2.24, 2.45) is 0 Å². The van der Waals surface area contributed by atoms with E-state index < -0.39 is 0 Å². The third-order valence-electron chi connectivity index (χ3n) is 4.45. The maximum atomic E-state index is 13.1. The number of rotatable bonds is 6. The Balaban J connectivity index is 1.84. The fourth-order valence-electron chi connectivity index (χ4n) is 3.10. The van der Waals surface area contributed by atoms with Crippen LogP contribution in [0, 0.1) is 0 Å². The first-order valence-electron chi connectivity index (χ1n) is 8.49. The molecule has 0 radical (unpaired) electrons. The van der Waals surface area contributed by atoms with Crippen molar-refractivity contribution in [3.05, 3.63) is 72.2 Å². The summed E-state index contributed by atoms with van der Waals surface area (Å²) in [5.41, 5.74) is 3.02. The molecular formula is C20H23N3O. The van der Waals surface area contributed by atoms with E-state index >= 15 is 0 Å². The molecule has 4 nitrogen and oxygen atoms in total. The van der Waals surface area contributed by atoms with Crippen LogP contribution in [-0.4, -0.2) is 26.7 Å². The van der Waals surface area contributed by atoms with Gasteiger partial charge in [-0.15, -0.1) is 0 Å². The standard InChI is InChI=1S/C20H23N3O/c1-3-18(16-10-6-5-7-11-16)20(24)22(4-2)15-17-14-21-19-12-8-9-13-23(17)19/h5-14,18H,3-4,15H2,1-2H3. The molecular weight excluding hydrogens is 298 g/mol. The number of hydrogen-bond acceptors (Lipinski definition) is 2. The van der Waals surface area contributed by atoms with E-state index in [2.05, 4.69) is 11.9 Å². The Bertz CT molecular complexity index is 810. The van der Waals surface area contributed by atoms with Gasteiger partial charge in [-0.25, -0.2) is 4.98 Å². The van der Waals surface area contributed by atoms with E-state index in [9.17, 15) is 4.79 Å². The number of aromatic nitrogens is 2. The number of imidazole rings is 1. The number of amides is 1. The molecule has 2 aromatic heterocycles. The minimum atomic E-state index is -0.0923. The fourth-order valence-corrected chi connectivity index (χ4v) is 3.10. The van der Waals surface area contributed by atoms with E-state index in [1.54, 1.807) is 0 Å². The molecule has 1 aromatic carbocycles. The Morgan fingerprint density at radius 3 is 2.58 bits per heavy atom. The van der Waals surface area contributed by atoms with Gasteiger partial charge < -0.3 is 9.30 Å². The number of likely N-dealkylation sites (N-methyl/N-ethyl adjacent to an activating group) is 1. The lowest BCUT2D eigenvalue weighted by Crippen LogP contribution is -2.34. The molecule has 124 valence electrons. The van der Waals surface area contributed by atoms with Crippen molar-refractivity contribution in [1.29, 1.82) is 0 Å². The average Bonchev–Trinajstić information content (AvgIpc) is 3.04. The number of fused-ring (bicyclic) bond motifs is 1. The first-order valence-corrected chi connectivity index (χ1v) is 8.49. The summed E-state index contributed by atoms with van der Waals surface area (Å²) in [6, 6.07) is 16.0. The van der Waals surface area contributed by atoms with Crippen LogP contribution in [0.4, 0.5) is 0 Å². The SMILES string of the molecule is CCC(C(=O)N(CC)Cc1cnc2ccccn12)c1ccccc1. The van der Waals surface area contributed by atoms with Crippen molar-refractivity contribution in [2.75, 3.05) is 6.54 Å². The summed E-state index contributed by atoms with van der Waals surface area (Å²) in [7, 11) is 0. The number of nitrogens with zero attached hydrogens (tertiary/aromatic N) is 3. The van der Waals surface area contributed by atoms with Crippen LogP contribution in [0.3, 0.4) is 0 Å². The zero-order chi connectivity index (χ0) is 16.9. The molecule has 0 saturated carbocycles. The summed E-state index contributed by atoms with van der Waals surface area (Å²) < 4.78 is 2.04. The highest BCUT2D eigenvalue weighted by atomic mass is 16.2. The van der Waals surface area contributed by atoms with E-state index in [1.165, 1.54) is 0 Å². The number of benzene rings is 1. The highest BCUT2D eigenvalue weighted by molar-refractivity contribution is 5.83. The van der Waals surface area contributed by atoms with Crippen molar-refractivity contribution in [3.8, 4) is 0 Å². The number of pyridine rings is 1. The lowest BCUT2D eigenvalue weighted by molar-refractivity contribution is -0.133. The van der Waals surface area contributed by atoms with E-state index in [-0.39, 0.29) is 11.8 Å². The molecule has 0 N–H and O–H groups in total. The van der Waals surface area contributed by atoms with Crippen molar-refractivity contribution in [1.82, 2.24) is 14.3 Å². The summed E-state index contributed by atoms with van der Waals surface area (Å²) in [4.78, 5) is 19.4. The van der Waals surface area contributed by atoms with E-state index in [0.29, 0.717) is 13.1 Å². The van der Waals surface area contributed by atoms with E-state index in [4.69, 9.17) is 0 Å². The van der Waals surface area contributed by atoms with Crippen LogP contribution >= 0.6 is 0 Å². The Morgan fingerprint density at radius 1 is 1.12 bits per heavy atom. The third-order valence-corrected chi connectivity index (χ3v) is 4.45. The predicted molar refractivity (Wildman–Crippen MR) is 95.8 cm³/mol. The normalized spacial score (nSPS) is 12.2. The van der Waals surface area contributed by atoms with Crippen LogP contribution in [0.5, 0.6) is 0 Å². The zero-order valence-corrected chi connectivity index (χ0v) is 14.2. The molecule has 0 saturated heterocycles. The van der Waals surface area contributed by atoms with Gasteiger partial charge in [-0.2, -0.15) is 0 Å². The van der Waals surface area contributed by atoms with Gasteiger partial charge in [0.1, 0.15) is 5.65 Å². The van der Waals surface area contributed by atoms with Gasteiger partial charge in [0.05, 0.1) is 24.4 Å². The molecule has 3 aromatic rings. The van der Waals surface area contributed by atoms with Gasteiger partial charge in [-0.1, -0.05) is 43.3 Å². The fraction of sp³-hybridized carbons (Fsp3) is 0.300. The maximum Gasteiger partial charge on any atom is 0.230 e. The molecule has 1 unspecified atom stereocenters. The Labute approximate surface area is 142 Å². The van der Waals surface area contributed by atoms with Crippen LogP contribution in [0.25, 0.3) is 5.65 Å². The first-order chi connectivity index (χ1) is 11.7. The van der Waals surface area contributed by atoms with Gasteiger partial charge in [0.25, 0.3) is 0 Å². The van der Waals surface area contributed by atoms with Crippen LogP contribution < -0.4 is 0 Å². The maximum absolute atomic E-state index is 13.1. The molecule has 2 heterocycles. The lowest BCUT2D eigenvalue weighted by Gasteiger charge is -2.26. The zero-order valence-electron chi connectivity index (χ0n) is 14.2. The quantitative estimate of drug-likeness (QED) is 0.691. The Kier molecular flexibility index (Phi) is 4.94. The van der Waals surface area contributed by atoms with Gasteiger partial charge >= 0.3 is 0 Å². The third kappa shape index (κ3) is 3.18. The average molecular weight is 321 g/mol. The molecule has 1 amide bonds. The van der Waals surface area contributed by atoms with E-state index in [1.807, 2.05) is 77.1 Å². The molecule has 24 heavy (non-hydrogen) atoms. The van der Waals surface area contributed by atoms with Gasteiger partial charge in [-0.05, 0) is 31.0 Å². The van der Waals surface area contributed by atoms with Crippen LogP contribution in [0.15, 0.2) is 60.9 Å². The molecule has 0 aliphatic rings. The van der Waals surface area contributed by atoms with Crippen molar-refractivity contribution in [2.45, 2.75) is 32.7 Å². The minimum absolute atomic E-state index is 0.0923. The second-order valence-electron chi connectivity index (χ2n) is 5.90. The highest BCUT2D eigenvalue weighted by Crippen LogP contribution is 2.23. The molecule has 1 atom stereocenters. The van der Waals surface area contributed by atoms with Crippen molar-refractivity contribution in [3.63, 3.8) is 0 Å². The number of carbonyl (C=O) groups is 1. The van der Waals surface area contributed by atoms with Crippen molar-refractivity contribution >= 4 is 11.6 Å². The lowest BCUT2D eigenvalue weighted by atomic mass is 9.95. The summed E-state index contributed by atoms with van der Waals surface area (Å²) in [5.74, 6) is 0.0856. The molecule has 0 bridgehead atoms. The van der Waals surface area contributed by atoms with E-state index in [0.717, 1.165) is 23.3 Å². The molecule has 0 aliphatic carbocycles. The Hall–Kier alpha value is -2.62. The van der Waals surface area contributed by atoms with Crippen LogP contribution in [0.2, 0.25) is 0 Å². The second kappa shape index (κ2) is 7.30. The molecule has 0 fully saturated rings. The highest BCUT2D eigenvalue weighted by Gasteiger charge is 2.24. The molecule has 3 rings (SSSR count). The topological polar surface area (TPSA) is 37.6 Å². The van der Waals surface area contributed by atoms with Crippen LogP contribution in [-0.2, 0) is 11.3 Å². The predicted octanol–water partition coefficient (Wildman–Crippen LogP) is 3.88. The number of carbonyl (C=O) groups excluding carboxylic acids is 1. The van der Waals surface area contributed by atoms with Gasteiger partial charge in [0.15, 0.2) is 0 Å².